The minimum atomic E-state index is -0.187. The summed E-state index contributed by atoms with van der Waals surface area (Å²) in [5, 5.41) is 12.0. The molecule has 18 heavy (non-hydrogen) atoms. The summed E-state index contributed by atoms with van der Waals surface area (Å²) in [6.45, 7) is 0. The molecule has 94 valence electrons. The number of hydrogen-bond acceptors (Lipinski definition) is 4. The van der Waals surface area contributed by atoms with Gasteiger partial charge in [-0.05, 0) is 37.8 Å². The molecular weight excluding hydrogens is 228 g/mol. The van der Waals surface area contributed by atoms with E-state index in [2.05, 4.69) is 10.3 Å². The molecule has 0 unspecified atom stereocenters. The highest BCUT2D eigenvalue weighted by molar-refractivity contribution is 5.76. The van der Waals surface area contributed by atoms with Gasteiger partial charge in [-0.1, -0.05) is 0 Å². The summed E-state index contributed by atoms with van der Waals surface area (Å²) >= 11 is 0. The fraction of sp³-hybridized carbons (Fsp3) is 0.462. The maximum absolute atomic E-state index is 11.1. The topological polar surface area (TPSA) is 91.8 Å². The molecule has 0 radical (unpaired) electrons. The van der Waals surface area contributed by atoms with Crippen molar-refractivity contribution in [2.75, 3.05) is 5.32 Å². The van der Waals surface area contributed by atoms with Crippen LogP contribution in [-0.2, 0) is 4.79 Å². The molecular formula is C13H16N4O. The van der Waals surface area contributed by atoms with Gasteiger partial charge in [-0.2, -0.15) is 5.26 Å². The number of nitriles is 1. The van der Waals surface area contributed by atoms with Gasteiger partial charge in [-0.15, -0.1) is 0 Å². The van der Waals surface area contributed by atoms with Crippen molar-refractivity contribution in [1.82, 2.24) is 4.98 Å². The Balaban J connectivity index is 1.87. The second kappa shape index (κ2) is 5.50. The summed E-state index contributed by atoms with van der Waals surface area (Å²) in [6, 6.07) is 5.89. The Hall–Kier alpha value is -2.09. The van der Waals surface area contributed by atoms with Crippen LogP contribution in [0.2, 0.25) is 0 Å². The van der Waals surface area contributed by atoms with E-state index in [0.29, 0.717) is 11.7 Å². The minimum absolute atomic E-state index is 0.0298. The number of nitrogens with one attached hydrogen (secondary N) is 1. The maximum Gasteiger partial charge on any atom is 0.220 e. The molecule has 0 saturated heterocycles. The molecule has 1 amide bonds. The van der Waals surface area contributed by atoms with Gasteiger partial charge in [0.15, 0.2) is 0 Å². The number of pyridine rings is 1. The Bertz CT molecular complexity index is 455. The van der Waals surface area contributed by atoms with Crippen LogP contribution in [0.25, 0.3) is 0 Å². The first-order valence-electron chi connectivity index (χ1n) is 6.11. The SMILES string of the molecule is N#Cc1ccc(NC2CCC(C(N)=O)CC2)cn1. The Kier molecular flexibility index (Phi) is 3.78. The van der Waals surface area contributed by atoms with Crippen LogP contribution in [0.5, 0.6) is 0 Å². The van der Waals surface area contributed by atoms with Crippen LogP contribution in [0.15, 0.2) is 18.3 Å². The Morgan fingerprint density at radius 2 is 2.11 bits per heavy atom. The molecule has 5 heteroatoms. The minimum Gasteiger partial charge on any atom is -0.381 e. The molecule has 0 aliphatic heterocycles. The van der Waals surface area contributed by atoms with E-state index in [4.69, 9.17) is 11.0 Å². The van der Waals surface area contributed by atoms with Crippen molar-refractivity contribution < 1.29 is 4.79 Å². The first kappa shape index (κ1) is 12.4. The maximum atomic E-state index is 11.1. The number of carbonyl (C=O) groups is 1. The van der Waals surface area contributed by atoms with Crippen LogP contribution >= 0.6 is 0 Å². The van der Waals surface area contributed by atoms with E-state index in [1.165, 1.54) is 0 Å². The fourth-order valence-corrected chi connectivity index (χ4v) is 2.30. The molecule has 1 aromatic rings. The first-order valence-corrected chi connectivity index (χ1v) is 6.11. The van der Waals surface area contributed by atoms with E-state index in [1.807, 2.05) is 12.1 Å². The average molecular weight is 244 g/mol. The van der Waals surface area contributed by atoms with Gasteiger partial charge in [0.05, 0.1) is 11.9 Å². The quantitative estimate of drug-likeness (QED) is 0.840. The number of hydrogen-bond donors (Lipinski definition) is 2. The van der Waals surface area contributed by atoms with Crippen LogP contribution in [0.4, 0.5) is 5.69 Å². The number of aromatic nitrogens is 1. The van der Waals surface area contributed by atoms with Crippen molar-refractivity contribution in [3.8, 4) is 6.07 Å². The van der Waals surface area contributed by atoms with Crippen molar-refractivity contribution in [1.29, 1.82) is 5.26 Å². The normalized spacial score (nSPS) is 23.1. The van der Waals surface area contributed by atoms with Crippen LogP contribution in [0.3, 0.4) is 0 Å². The van der Waals surface area contributed by atoms with Gasteiger partial charge in [0.1, 0.15) is 11.8 Å². The van der Waals surface area contributed by atoms with Crippen molar-refractivity contribution in [3.05, 3.63) is 24.0 Å². The van der Waals surface area contributed by atoms with Gasteiger partial charge in [0, 0.05) is 12.0 Å². The number of carbonyl (C=O) groups excluding carboxylic acids is 1. The summed E-state index contributed by atoms with van der Waals surface area (Å²) in [6.07, 6.45) is 5.23. The van der Waals surface area contributed by atoms with Crippen LogP contribution in [0, 0.1) is 17.2 Å². The van der Waals surface area contributed by atoms with Crippen molar-refractivity contribution in [2.45, 2.75) is 31.7 Å². The number of amides is 1. The number of anilines is 1. The third-order valence-corrected chi connectivity index (χ3v) is 3.38. The van der Waals surface area contributed by atoms with Crippen LogP contribution < -0.4 is 11.1 Å². The van der Waals surface area contributed by atoms with E-state index in [9.17, 15) is 4.79 Å². The van der Waals surface area contributed by atoms with E-state index in [0.717, 1.165) is 31.4 Å². The molecule has 1 aromatic heterocycles. The second-order valence-corrected chi connectivity index (χ2v) is 4.64. The zero-order valence-electron chi connectivity index (χ0n) is 10.1. The van der Waals surface area contributed by atoms with E-state index >= 15 is 0 Å². The summed E-state index contributed by atoms with van der Waals surface area (Å²) in [7, 11) is 0. The van der Waals surface area contributed by atoms with Gasteiger partial charge in [-0.3, -0.25) is 4.79 Å². The lowest BCUT2D eigenvalue weighted by Gasteiger charge is -2.27. The number of nitrogens with zero attached hydrogens (tertiary/aromatic N) is 2. The number of nitrogens with two attached hydrogens (primary N) is 1. The van der Waals surface area contributed by atoms with E-state index in [1.54, 1.807) is 12.3 Å². The molecule has 5 nitrogen and oxygen atoms in total. The summed E-state index contributed by atoms with van der Waals surface area (Å²) in [5.41, 5.74) is 6.63. The van der Waals surface area contributed by atoms with Gasteiger partial charge in [0.25, 0.3) is 0 Å². The molecule has 3 N–H and O–H groups in total. The molecule has 2 rings (SSSR count). The Morgan fingerprint density at radius 1 is 1.39 bits per heavy atom. The Morgan fingerprint density at radius 3 is 2.61 bits per heavy atom. The molecule has 1 fully saturated rings. The van der Waals surface area contributed by atoms with E-state index in [-0.39, 0.29) is 11.8 Å². The molecule has 1 aliphatic rings. The second-order valence-electron chi connectivity index (χ2n) is 4.64. The molecule has 1 aliphatic carbocycles. The smallest absolute Gasteiger partial charge is 0.220 e. The van der Waals surface area contributed by atoms with Gasteiger partial charge >= 0.3 is 0 Å². The van der Waals surface area contributed by atoms with Gasteiger partial charge < -0.3 is 11.1 Å². The predicted molar refractivity (Wildman–Crippen MR) is 67.5 cm³/mol. The lowest BCUT2D eigenvalue weighted by atomic mass is 9.85. The van der Waals surface area contributed by atoms with Crippen LogP contribution in [0.1, 0.15) is 31.4 Å². The average Bonchev–Trinajstić information content (AvgIpc) is 2.40. The molecule has 0 aromatic carbocycles. The standard InChI is InChI=1S/C13H16N4O/c14-7-11-5-6-12(8-16-11)17-10-3-1-9(2-4-10)13(15)18/h5-6,8-10,17H,1-4H2,(H2,15,18). The molecule has 1 heterocycles. The zero-order chi connectivity index (χ0) is 13.0. The third kappa shape index (κ3) is 2.98. The summed E-state index contributed by atoms with van der Waals surface area (Å²) < 4.78 is 0. The van der Waals surface area contributed by atoms with Gasteiger partial charge in [0.2, 0.25) is 5.91 Å². The largest absolute Gasteiger partial charge is 0.381 e. The Labute approximate surface area is 106 Å². The zero-order valence-corrected chi connectivity index (χ0v) is 10.1. The molecule has 0 spiro atoms. The fourth-order valence-electron chi connectivity index (χ4n) is 2.30. The molecule has 1 saturated carbocycles. The monoisotopic (exact) mass is 244 g/mol. The number of primary amides is 1. The van der Waals surface area contributed by atoms with Crippen LogP contribution in [-0.4, -0.2) is 16.9 Å². The lowest BCUT2D eigenvalue weighted by molar-refractivity contribution is -0.122. The summed E-state index contributed by atoms with van der Waals surface area (Å²) in [5.74, 6) is -0.157. The highest BCUT2D eigenvalue weighted by atomic mass is 16.1. The third-order valence-electron chi connectivity index (χ3n) is 3.38. The van der Waals surface area contributed by atoms with Gasteiger partial charge in [-0.25, -0.2) is 4.98 Å². The van der Waals surface area contributed by atoms with E-state index < -0.39 is 0 Å². The summed E-state index contributed by atoms with van der Waals surface area (Å²) in [4.78, 5) is 15.1. The first-order chi connectivity index (χ1) is 8.69. The van der Waals surface area contributed by atoms with Crippen molar-refractivity contribution >= 4 is 11.6 Å². The lowest BCUT2D eigenvalue weighted by Crippen LogP contribution is -2.32. The number of rotatable bonds is 3. The molecule has 0 atom stereocenters. The van der Waals surface area contributed by atoms with Crippen molar-refractivity contribution in [2.24, 2.45) is 11.7 Å². The van der Waals surface area contributed by atoms with Crippen molar-refractivity contribution in [3.63, 3.8) is 0 Å². The predicted octanol–water partition coefficient (Wildman–Crippen LogP) is 1.41. The molecule has 0 bridgehead atoms. The highest BCUT2D eigenvalue weighted by Crippen LogP contribution is 2.26. The highest BCUT2D eigenvalue weighted by Gasteiger charge is 2.24.